The molecule has 3 aromatic rings. The summed E-state index contributed by atoms with van der Waals surface area (Å²) in [6, 6.07) is 12.4. The number of amides is 1. The van der Waals surface area contributed by atoms with Crippen LogP contribution in [0.5, 0.6) is 0 Å². The molecule has 4 rings (SSSR count). The van der Waals surface area contributed by atoms with E-state index in [1.165, 1.54) is 0 Å². The lowest BCUT2D eigenvalue weighted by Gasteiger charge is -2.31. The SMILES string of the molecule is O=C(Nc1cccc2oncc12)OCCCN1CCC(C(=O)c2ccc(Cl)cc2)CC1. The summed E-state index contributed by atoms with van der Waals surface area (Å²) >= 11 is 5.90. The summed E-state index contributed by atoms with van der Waals surface area (Å²) < 4.78 is 10.4. The van der Waals surface area contributed by atoms with Crippen LogP contribution in [0.3, 0.4) is 0 Å². The molecule has 0 bridgehead atoms. The van der Waals surface area contributed by atoms with E-state index in [-0.39, 0.29) is 11.7 Å². The van der Waals surface area contributed by atoms with Crippen LogP contribution in [0.25, 0.3) is 11.0 Å². The molecule has 7 nitrogen and oxygen atoms in total. The van der Waals surface area contributed by atoms with Gasteiger partial charge in [0.2, 0.25) is 0 Å². The van der Waals surface area contributed by atoms with Crippen LogP contribution in [0.2, 0.25) is 5.02 Å². The summed E-state index contributed by atoms with van der Waals surface area (Å²) in [6.45, 7) is 2.89. The number of ether oxygens (including phenoxy) is 1. The third kappa shape index (κ3) is 5.42. The van der Waals surface area contributed by atoms with Crippen molar-refractivity contribution in [3.8, 4) is 0 Å². The zero-order chi connectivity index (χ0) is 21.6. The Balaban J connectivity index is 1.15. The van der Waals surface area contributed by atoms with Crippen LogP contribution < -0.4 is 5.32 Å². The van der Waals surface area contributed by atoms with Crippen LogP contribution in [-0.2, 0) is 4.74 Å². The molecule has 0 unspecified atom stereocenters. The molecule has 1 saturated heterocycles. The second-order valence-corrected chi connectivity index (χ2v) is 8.08. The van der Waals surface area contributed by atoms with E-state index in [0.717, 1.165) is 49.8 Å². The Morgan fingerprint density at radius 1 is 1.16 bits per heavy atom. The normalized spacial score (nSPS) is 15.1. The van der Waals surface area contributed by atoms with Gasteiger partial charge < -0.3 is 14.2 Å². The number of carbonyl (C=O) groups is 2. The molecule has 1 aromatic heterocycles. The van der Waals surface area contributed by atoms with E-state index >= 15 is 0 Å². The average Bonchev–Trinajstić information content (AvgIpc) is 3.27. The van der Waals surface area contributed by atoms with Crippen molar-refractivity contribution in [2.24, 2.45) is 5.92 Å². The van der Waals surface area contributed by atoms with Crippen molar-refractivity contribution in [1.29, 1.82) is 0 Å². The van der Waals surface area contributed by atoms with Gasteiger partial charge in [-0.25, -0.2) is 4.79 Å². The summed E-state index contributed by atoms with van der Waals surface area (Å²) in [7, 11) is 0. The molecule has 0 radical (unpaired) electrons. The van der Waals surface area contributed by atoms with Crippen molar-refractivity contribution in [2.75, 3.05) is 31.6 Å². The van der Waals surface area contributed by atoms with Gasteiger partial charge in [-0.15, -0.1) is 0 Å². The maximum Gasteiger partial charge on any atom is 0.411 e. The molecule has 1 aliphatic rings. The van der Waals surface area contributed by atoms with E-state index in [1.54, 1.807) is 48.7 Å². The number of halogens is 1. The van der Waals surface area contributed by atoms with E-state index < -0.39 is 6.09 Å². The molecule has 2 heterocycles. The number of hydrogen-bond acceptors (Lipinski definition) is 6. The third-order valence-corrected chi connectivity index (χ3v) is 5.83. The molecule has 1 fully saturated rings. The molecule has 162 valence electrons. The van der Waals surface area contributed by atoms with E-state index in [9.17, 15) is 9.59 Å². The van der Waals surface area contributed by atoms with E-state index in [4.69, 9.17) is 20.9 Å². The number of benzene rings is 2. The summed E-state index contributed by atoms with van der Waals surface area (Å²) in [5.74, 6) is 0.249. The highest BCUT2D eigenvalue weighted by Gasteiger charge is 2.25. The molecule has 0 saturated carbocycles. The van der Waals surface area contributed by atoms with Gasteiger partial charge in [0.05, 0.1) is 23.9 Å². The zero-order valence-corrected chi connectivity index (χ0v) is 17.8. The van der Waals surface area contributed by atoms with Crippen molar-refractivity contribution in [2.45, 2.75) is 19.3 Å². The predicted molar refractivity (Wildman–Crippen MR) is 119 cm³/mol. The smallest absolute Gasteiger partial charge is 0.411 e. The first-order chi connectivity index (χ1) is 15.1. The van der Waals surface area contributed by atoms with Gasteiger partial charge >= 0.3 is 6.09 Å². The van der Waals surface area contributed by atoms with Gasteiger partial charge in [0.25, 0.3) is 0 Å². The third-order valence-electron chi connectivity index (χ3n) is 5.57. The molecule has 1 N–H and O–H groups in total. The summed E-state index contributed by atoms with van der Waals surface area (Å²) in [4.78, 5) is 27.0. The molecule has 1 amide bonds. The fourth-order valence-electron chi connectivity index (χ4n) is 3.87. The number of ketones is 1. The molecule has 31 heavy (non-hydrogen) atoms. The topological polar surface area (TPSA) is 84.7 Å². The minimum atomic E-state index is -0.499. The number of anilines is 1. The minimum Gasteiger partial charge on any atom is -0.449 e. The largest absolute Gasteiger partial charge is 0.449 e. The number of piperidine rings is 1. The lowest BCUT2D eigenvalue weighted by atomic mass is 9.89. The first-order valence-electron chi connectivity index (χ1n) is 10.4. The molecule has 1 aliphatic heterocycles. The van der Waals surface area contributed by atoms with E-state index in [1.807, 2.05) is 0 Å². The van der Waals surface area contributed by atoms with Gasteiger partial charge in [-0.2, -0.15) is 0 Å². The first-order valence-corrected chi connectivity index (χ1v) is 10.8. The van der Waals surface area contributed by atoms with Crippen molar-refractivity contribution in [3.63, 3.8) is 0 Å². The molecule has 0 aliphatic carbocycles. The van der Waals surface area contributed by atoms with E-state index in [0.29, 0.717) is 22.9 Å². The van der Waals surface area contributed by atoms with Crippen LogP contribution in [-0.4, -0.2) is 48.2 Å². The Morgan fingerprint density at radius 3 is 2.71 bits per heavy atom. The first kappa shape index (κ1) is 21.3. The highest BCUT2D eigenvalue weighted by atomic mass is 35.5. The predicted octanol–water partition coefficient (Wildman–Crippen LogP) is 5.01. The number of likely N-dealkylation sites (tertiary alicyclic amines) is 1. The Bertz CT molecular complexity index is 1040. The van der Waals surface area contributed by atoms with Crippen LogP contribution in [0.15, 0.2) is 53.2 Å². The number of nitrogens with zero attached hydrogens (tertiary/aromatic N) is 2. The minimum absolute atomic E-state index is 0.0552. The van der Waals surface area contributed by atoms with Crippen LogP contribution >= 0.6 is 11.6 Å². The Hall–Kier alpha value is -2.90. The number of fused-ring (bicyclic) bond motifs is 1. The van der Waals surface area contributed by atoms with E-state index in [2.05, 4.69) is 15.4 Å². The molecule has 0 atom stereocenters. The van der Waals surface area contributed by atoms with Gasteiger partial charge in [-0.3, -0.25) is 10.1 Å². The van der Waals surface area contributed by atoms with Crippen LogP contribution in [0.1, 0.15) is 29.6 Å². The zero-order valence-electron chi connectivity index (χ0n) is 17.1. The van der Waals surface area contributed by atoms with Gasteiger partial charge in [0, 0.05) is 23.0 Å². The molecule has 2 aromatic carbocycles. The second-order valence-electron chi connectivity index (χ2n) is 7.64. The van der Waals surface area contributed by atoms with Crippen LogP contribution in [0.4, 0.5) is 10.5 Å². The lowest BCUT2D eigenvalue weighted by molar-refractivity contribution is 0.0830. The van der Waals surface area contributed by atoms with Crippen molar-refractivity contribution in [1.82, 2.24) is 10.1 Å². The molecular formula is C23H24ClN3O4. The van der Waals surface area contributed by atoms with Crippen molar-refractivity contribution < 1.29 is 18.8 Å². The van der Waals surface area contributed by atoms with Crippen molar-refractivity contribution >= 4 is 40.1 Å². The maximum absolute atomic E-state index is 12.6. The number of nitrogens with one attached hydrogen (secondary N) is 1. The van der Waals surface area contributed by atoms with Gasteiger partial charge in [-0.05, 0) is 68.8 Å². The van der Waals surface area contributed by atoms with Gasteiger partial charge in [0.15, 0.2) is 11.4 Å². The summed E-state index contributed by atoms with van der Waals surface area (Å²) in [6.07, 6.45) is 3.48. The average molecular weight is 442 g/mol. The second kappa shape index (κ2) is 9.94. The van der Waals surface area contributed by atoms with Crippen LogP contribution in [0, 0.1) is 5.92 Å². The molecule has 0 spiro atoms. The molecule has 8 heteroatoms. The number of Topliss-reactive ketones (excluding diaryl/α,β-unsaturated/α-hetero) is 1. The Kier molecular flexibility index (Phi) is 6.84. The lowest BCUT2D eigenvalue weighted by Crippen LogP contribution is -2.37. The number of carbonyl (C=O) groups excluding carboxylic acids is 2. The Morgan fingerprint density at radius 2 is 1.94 bits per heavy atom. The number of rotatable bonds is 7. The standard InChI is InChI=1S/C23H24ClN3O4/c24-18-7-5-16(6-8-18)22(28)17-9-12-27(13-10-17)11-2-14-30-23(29)26-20-3-1-4-21-19(20)15-25-31-21/h1,3-8,15,17H,2,9-14H2,(H,26,29). The number of hydrogen-bond donors (Lipinski definition) is 1. The quantitative estimate of drug-likeness (QED) is 0.409. The monoisotopic (exact) mass is 441 g/mol. The van der Waals surface area contributed by atoms with Gasteiger partial charge in [0.1, 0.15) is 0 Å². The fourth-order valence-corrected chi connectivity index (χ4v) is 4.00. The van der Waals surface area contributed by atoms with Crippen molar-refractivity contribution in [3.05, 3.63) is 59.2 Å². The highest BCUT2D eigenvalue weighted by Crippen LogP contribution is 2.24. The maximum atomic E-state index is 12.6. The summed E-state index contributed by atoms with van der Waals surface area (Å²) in [5.41, 5.74) is 1.94. The highest BCUT2D eigenvalue weighted by molar-refractivity contribution is 6.30. The molecular weight excluding hydrogens is 418 g/mol. The Labute approximate surface area is 185 Å². The summed E-state index contributed by atoms with van der Waals surface area (Å²) in [5, 5.41) is 7.83. The fraction of sp³-hybridized carbons (Fsp3) is 0.348. The number of aromatic nitrogens is 1. The van der Waals surface area contributed by atoms with Gasteiger partial charge in [-0.1, -0.05) is 22.8 Å².